The molecule has 74 valence electrons. The molecule has 3 N–H and O–H groups in total. The lowest BCUT2D eigenvalue weighted by molar-refractivity contribution is -0.123. The zero-order chi connectivity index (χ0) is 10.1. The van der Waals surface area contributed by atoms with Gasteiger partial charge in [-0.25, -0.2) is 4.39 Å². The van der Waals surface area contributed by atoms with Crippen molar-refractivity contribution in [1.29, 1.82) is 0 Å². The van der Waals surface area contributed by atoms with Gasteiger partial charge < -0.3 is 15.8 Å². The van der Waals surface area contributed by atoms with E-state index in [4.69, 9.17) is 10.5 Å². The van der Waals surface area contributed by atoms with E-state index < -0.39 is 17.8 Å². The van der Waals surface area contributed by atoms with Crippen molar-refractivity contribution in [1.82, 2.24) is 0 Å². The van der Waals surface area contributed by atoms with Gasteiger partial charge in [0.05, 0.1) is 0 Å². The lowest BCUT2D eigenvalue weighted by atomic mass is 10.2. The molecule has 1 heterocycles. The van der Waals surface area contributed by atoms with Crippen LogP contribution in [0.4, 0.5) is 10.1 Å². The summed E-state index contributed by atoms with van der Waals surface area (Å²) in [5.74, 6) is -0.600. The van der Waals surface area contributed by atoms with Crippen molar-refractivity contribution < 1.29 is 13.9 Å². The number of rotatable bonds is 1. The number of carbonyl (C=O) groups excluding carboxylic acids is 1. The van der Waals surface area contributed by atoms with Crippen LogP contribution in [0.25, 0.3) is 0 Å². The summed E-state index contributed by atoms with van der Waals surface area (Å²) < 4.78 is 18.3. The number of benzene rings is 1. The molecule has 1 atom stereocenters. The van der Waals surface area contributed by atoms with Gasteiger partial charge in [0.15, 0.2) is 11.9 Å². The van der Waals surface area contributed by atoms with Crippen molar-refractivity contribution in [2.45, 2.75) is 6.10 Å². The average Bonchev–Trinajstić information content (AvgIpc) is 2.19. The van der Waals surface area contributed by atoms with Crippen molar-refractivity contribution in [2.75, 3.05) is 11.9 Å². The summed E-state index contributed by atoms with van der Waals surface area (Å²) in [6.45, 7) is 0.0712. The van der Waals surface area contributed by atoms with E-state index in [1.54, 1.807) is 6.07 Å². The van der Waals surface area contributed by atoms with Gasteiger partial charge in [0.25, 0.3) is 5.91 Å². The van der Waals surface area contributed by atoms with Gasteiger partial charge in [0.1, 0.15) is 11.4 Å². The fourth-order valence-corrected chi connectivity index (χ4v) is 1.29. The minimum atomic E-state index is -0.732. The maximum absolute atomic E-state index is 13.1. The third-order valence-corrected chi connectivity index (χ3v) is 2.00. The van der Waals surface area contributed by atoms with Gasteiger partial charge in [-0.1, -0.05) is 6.07 Å². The van der Waals surface area contributed by atoms with Crippen molar-refractivity contribution in [2.24, 2.45) is 5.73 Å². The summed E-state index contributed by atoms with van der Waals surface area (Å²) in [5.41, 5.74) is 5.39. The highest BCUT2D eigenvalue weighted by molar-refractivity contribution is 5.97. The molecule has 2 rings (SSSR count). The molecule has 1 aromatic rings. The summed E-state index contributed by atoms with van der Waals surface area (Å²) in [5, 5.41) is 2.41. The first kappa shape index (κ1) is 8.96. The van der Waals surface area contributed by atoms with Crippen LogP contribution in [-0.2, 0) is 4.79 Å². The fraction of sp³-hybridized carbons (Fsp3) is 0.222. The Bertz CT molecular complexity index is 381. The summed E-state index contributed by atoms with van der Waals surface area (Å²) in [4.78, 5) is 11.3. The standard InChI is InChI=1S/C9H9FN2O2/c10-5-2-1-3-6-8(5)12-9(13)7(4-11)14-6/h1-3,7H,4,11H2,(H,12,13). The smallest absolute Gasteiger partial charge is 0.266 e. The molecule has 0 saturated carbocycles. The number of ether oxygens (including phenoxy) is 1. The molecule has 0 saturated heterocycles. The summed E-state index contributed by atoms with van der Waals surface area (Å²) in [6.07, 6.45) is -0.732. The van der Waals surface area contributed by atoms with E-state index in [2.05, 4.69) is 5.32 Å². The molecular weight excluding hydrogens is 187 g/mol. The molecule has 14 heavy (non-hydrogen) atoms. The molecule has 1 aliphatic heterocycles. The Morgan fingerprint density at radius 2 is 2.36 bits per heavy atom. The van der Waals surface area contributed by atoms with Crippen LogP contribution in [0.2, 0.25) is 0 Å². The second kappa shape index (κ2) is 3.26. The number of anilines is 1. The van der Waals surface area contributed by atoms with E-state index in [0.717, 1.165) is 0 Å². The van der Waals surface area contributed by atoms with Crippen LogP contribution in [0.5, 0.6) is 5.75 Å². The molecule has 1 aromatic carbocycles. The Morgan fingerprint density at radius 1 is 1.57 bits per heavy atom. The molecule has 1 aliphatic rings. The largest absolute Gasteiger partial charge is 0.477 e. The normalized spacial score (nSPS) is 19.6. The molecule has 0 bridgehead atoms. The molecule has 0 aliphatic carbocycles. The van der Waals surface area contributed by atoms with Gasteiger partial charge in [-0.3, -0.25) is 4.79 Å². The molecule has 0 radical (unpaired) electrons. The zero-order valence-electron chi connectivity index (χ0n) is 7.29. The number of nitrogens with one attached hydrogen (secondary N) is 1. The Kier molecular flexibility index (Phi) is 2.09. The Morgan fingerprint density at radius 3 is 3.07 bits per heavy atom. The third kappa shape index (κ3) is 1.31. The van der Waals surface area contributed by atoms with Crippen LogP contribution in [0.1, 0.15) is 0 Å². The maximum Gasteiger partial charge on any atom is 0.266 e. The number of hydrogen-bond acceptors (Lipinski definition) is 3. The molecule has 1 unspecified atom stereocenters. The Balaban J connectivity index is 2.40. The Hall–Kier alpha value is -1.62. The van der Waals surface area contributed by atoms with Gasteiger partial charge in [-0.2, -0.15) is 0 Å². The number of fused-ring (bicyclic) bond motifs is 1. The minimum absolute atomic E-state index is 0.0712. The number of para-hydroxylation sites is 1. The number of halogens is 1. The van der Waals surface area contributed by atoms with Crippen molar-refractivity contribution in [3.8, 4) is 5.75 Å². The second-order valence-electron chi connectivity index (χ2n) is 2.94. The number of carbonyl (C=O) groups is 1. The first-order valence-electron chi connectivity index (χ1n) is 4.18. The van der Waals surface area contributed by atoms with E-state index in [1.165, 1.54) is 12.1 Å². The number of hydrogen-bond donors (Lipinski definition) is 2. The lowest BCUT2D eigenvalue weighted by Crippen LogP contribution is -2.42. The summed E-state index contributed by atoms with van der Waals surface area (Å²) in [7, 11) is 0. The van der Waals surface area contributed by atoms with Crippen molar-refractivity contribution >= 4 is 11.6 Å². The lowest BCUT2D eigenvalue weighted by Gasteiger charge is -2.24. The Labute approximate surface area is 79.9 Å². The fourth-order valence-electron chi connectivity index (χ4n) is 1.29. The van der Waals surface area contributed by atoms with Gasteiger partial charge in [-0.15, -0.1) is 0 Å². The van der Waals surface area contributed by atoms with Crippen LogP contribution in [-0.4, -0.2) is 18.6 Å². The predicted octanol–water partition coefficient (Wildman–Crippen LogP) is 0.484. The zero-order valence-corrected chi connectivity index (χ0v) is 7.29. The first-order valence-corrected chi connectivity index (χ1v) is 4.18. The van der Waals surface area contributed by atoms with E-state index in [-0.39, 0.29) is 12.2 Å². The highest BCUT2D eigenvalue weighted by atomic mass is 19.1. The number of nitrogens with two attached hydrogens (primary N) is 1. The van der Waals surface area contributed by atoms with E-state index in [1.807, 2.05) is 0 Å². The summed E-state index contributed by atoms with van der Waals surface area (Å²) >= 11 is 0. The monoisotopic (exact) mass is 196 g/mol. The van der Waals surface area contributed by atoms with Gasteiger partial charge in [0.2, 0.25) is 0 Å². The molecule has 1 amide bonds. The molecule has 4 nitrogen and oxygen atoms in total. The second-order valence-corrected chi connectivity index (χ2v) is 2.94. The van der Waals surface area contributed by atoms with E-state index >= 15 is 0 Å². The molecule has 5 heteroatoms. The van der Waals surface area contributed by atoms with Crippen LogP contribution in [0.3, 0.4) is 0 Å². The van der Waals surface area contributed by atoms with Crippen LogP contribution >= 0.6 is 0 Å². The van der Waals surface area contributed by atoms with Gasteiger partial charge in [-0.05, 0) is 12.1 Å². The maximum atomic E-state index is 13.1. The van der Waals surface area contributed by atoms with E-state index in [9.17, 15) is 9.18 Å². The van der Waals surface area contributed by atoms with Gasteiger partial charge >= 0.3 is 0 Å². The third-order valence-electron chi connectivity index (χ3n) is 2.00. The molecule has 0 spiro atoms. The van der Waals surface area contributed by atoms with Crippen LogP contribution < -0.4 is 15.8 Å². The number of amides is 1. The SMILES string of the molecule is NCC1Oc2cccc(F)c2NC1=O. The van der Waals surface area contributed by atoms with Crippen molar-refractivity contribution in [3.63, 3.8) is 0 Å². The first-order chi connectivity index (χ1) is 6.72. The molecule has 0 fully saturated rings. The predicted molar refractivity (Wildman–Crippen MR) is 48.5 cm³/mol. The quantitative estimate of drug-likeness (QED) is 0.686. The van der Waals surface area contributed by atoms with Crippen LogP contribution in [0, 0.1) is 5.82 Å². The summed E-state index contributed by atoms with van der Waals surface area (Å²) in [6, 6.07) is 4.35. The van der Waals surface area contributed by atoms with Crippen molar-refractivity contribution in [3.05, 3.63) is 24.0 Å². The highest BCUT2D eigenvalue weighted by Gasteiger charge is 2.27. The van der Waals surface area contributed by atoms with Crippen LogP contribution in [0.15, 0.2) is 18.2 Å². The topological polar surface area (TPSA) is 64.3 Å². The minimum Gasteiger partial charge on any atom is -0.477 e. The molecule has 0 aromatic heterocycles. The molecular formula is C9H9FN2O2. The average molecular weight is 196 g/mol. The van der Waals surface area contributed by atoms with Gasteiger partial charge in [0, 0.05) is 6.54 Å². The highest BCUT2D eigenvalue weighted by Crippen LogP contribution is 2.31. The van der Waals surface area contributed by atoms with E-state index in [0.29, 0.717) is 5.75 Å².